The maximum absolute atomic E-state index is 4.19. The molecule has 2 heterocycles. The maximum Gasteiger partial charge on any atom is 0.0537 e. The zero-order valence-electron chi connectivity index (χ0n) is 8.33. The lowest BCUT2D eigenvalue weighted by molar-refractivity contribution is 0.333. The first-order valence-corrected chi connectivity index (χ1v) is 4.97. The van der Waals surface area contributed by atoms with E-state index in [2.05, 4.69) is 23.5 Å². The Morgan fingerprint density at radius 1 is 1.54 bits per heavy atom. The molecule has 1 N–H and O–H groups in total. The molecule has 1 aliphatic rings. The SMILES string of the molecule is CC1CCC(c2cnn(C)c2)NC1. The molecule has 0 bridgehead atoms. The normalized spacial score (nSPS) is 29.1. The standard InChI is InChI=1S/C10H17N3/c1-8-3-4-10(11-5-8)9-6-12-13(2)7-9/h6-8,10-11H,3-5H2,1-2H3. The second-order valence-electron chi connectivity index (χ2n) is 4.09. The second kappa shape index (κ2) is 3.50. The van der Waals surface area contributed by atoms with E-state index in [4.69, 9.17) is 0 Å². The third kappa shape index (κ3) is 1.91. The molecule has 2 atom stereocenters. The van der Waals surface area contributed by atoms with Gasteiger partial charge in [0.25, 0.3) is 0 Å². The van der Waals surface area contributed by atoms with Crippen LogP contribution in [0.25, 0.3) is 0 Å². The molecule has 2 unspecified atom stereocenters. The Morgan fingerprint density at radius 3 is 2.92 bits per heavy atom. The number of hydrogen-bond donors (Lipinski definition) is 1. The summed E-state index contributed by atoms with van der Waals surface area (Å²) < 4.78 is 1.87. The first-order valence-electron chi connectivity index (χ1n) is 4.97. The highest BCUT2D eigenvalue weighted by Gasteiger charge is 2.19. The van der Waals surface area contributed by atoms with Crippen molar-refractivity contribution < 1.29 is 0 Å². The molecular weight excluding hydrogens is 162 g/mol. The fourth-order valence-corrected chi connectivity index (χ4v) is 1.90. The van der Waals surface area contributed by atoms with E-state index in [9.17, 15) is 0 Å². The number of hydrogen-bond acceptors (Lipinski definition) is 2. The largest absolute Gasteiger partial charge is 0.310 e. The molecule has 1 saturated heterocycles. The van der Waals surface area contributed by atoms with Crippen molar-refractivity contribution >= 4 is 0 Å². The molecule has 0 saturated carbocycles. The smallest absolute Gasteiger partial charge is 0.0537 e. The Balaban J connectivity index is 2.02. The summed E-state index contributed by atoms with van der Waals surface area (Å²) in [6.07, 6.45) is 6.64. The van der Waals surface area contributed by atoms with Crippen LogP contribution in [-0.4, -0.2) is 16.3 Å². The maximum atomic E-state index is 4.19. The van der Waals surface area contributed by atoms with Gasteiger partial charge in [-0.1, -0.05) is 6.92 Å². The summed E-state index contributed by atoms with van der Waals surface area (Å²) in [7, 11) is 1.97. The average molecular weight is 179 g/mol. The lowest BCUT2D eigenvalue weighted by atomic mass is 9.94. The van der Waals surface area contributed by atoms with Crippen LogP contribution in [0.2, 0.25) is 0 Å². The zero-order chi connectivity index (χ0) is 9.26. The van der Waals surface area contributed by atoms with Gasteiger partial charge in [-0.3, -0.25) is 4.68 Å². The minimum Gasteiger partial charge on any atom is -0.310 e. The molecule has 0 aliphatic carbocycles. The van der Waals surface area contributed by atoms with E-state index < -0.39 is 0 Å². The van der Waals surface area contributed by atoms with E-state index >= 15 is 0 Å². The average Bonchev–Trinajstić information content (AvgIpc) is 2.53. The fourth-order valence-electron chi connectivity index (χ4n) is 1.90. The number of aryl methyl sites for hydroxylation is 1. The van der Waals surface area contributed by atoms with Crippen LogP contribution < -0.4 is 5.32 Å². The molecular formula is C10H17N3. The van der Waals surface area contributed by atoms with Crippen LogP contribution in [0.15, 0.2) is 12.4 Å². The molecule has 2 rings (SSSR count). The molecule has 0 radical (unpaired) electrons. The van der Waals surface area contributed by atoms with Crippen LogP contribution in [0, 0.1) is 5.92 Å². The summed E-state index contributed by atoms with van der Waals surface area (Å²) in [5.41, 5.74) is 1.33. The summed E-state index contributed by atoms with van der Waals surface area (Å²) in [6, 6.07) is 0.532. The summed E-state index contributed by atoms with van der Waals surface area (Å²) in [5.74, 6) is 0.827. The number of rotatable bonds is 1. The third-order valence-electron chi connectivity index (χ3n) is 2.79. The first kappa shape index (κ1) is 8.75. The van der Waals surface area contributed by atoms with E-state index in [0.29, 0.717) is 6.04 Å². The van der Waals surface area contributed by atoms with Crippen LogP contribution >= 0.6 is 0 Å². The molecule has 3 heteroatoms. The molecule has 1 aromatic heterocycles. The third-order valence-corrected chi connectivity index (χ3v) is 2.79. The van der Waals surface area contributed by atoms with Crippen molar-refractivity contribution in [3.05, 3.63) is 18.0 Å². The van der Waals surface area contributed by atoms with Crippen LogP contribution in [0.1, 0.15) is 31.4 Å². The van der Waals surface area contributed by atoms with Gasteiger partial charge >= 0.3 is 0 Å². The van der Waals surface area contributed by atoms with Crippen molar-refractivity contribution in [1.29, 1.82) is 0 Å². The first-order chi connectivity index (χ1) is 6.25. The van der Waals surface area contributed by atoms with Crippen LogP contribution in [0.3, 0.4) is 0 Å². The predicted octanol–water partition coefficient (Wildman–Crippen LogP) is 1.48. The Bertz CT molecular complexity index is 271. The van der Waals surface area contributed by atoms with E-state index in [1.54, 1.807) is 0 Å². The van der Waals surface area contributed by atoms with Crippen LogP contribution in [-0.2, 0) is 7.05 Å². The van der Waals surface area contributed by atoms with Crippen molar-refractivity contribution in [2.24, 2.45) is 13.0 Å². The van der Waals surface area contributed by atoms with Gasteiger partial charge in [0, 0.05) is 24.8 Å². The summed E-state index contributed by atoms with van der Waals surface area (Å²) in [4.78, 5) is 0. The Hall–Kier alpha value is -0.830. The van der Waals surface area contributed by atoms with Gasteiger partial charge in [-0.2, -0.15) is 5.10 Å². The number of aromatic nitrogens is 2. The van der Waals surface area contributed by atoms with Gasteiger partial charge in [0.1, 0.15) is 0 Å². The van der Waals surface area contributed by atoms with Gasteiger partial charge in [0.05, 0.1) is 6.20 Å². The van der Waals surface area contributed by atoms with Gasteiger partial charge in [-0.25, -0.2) is 0 Å². The van der Waals surface area contributed by atoms with Crippen molar-refractivity contribution in [2.45, 2.75) is 25.8 Å². The molecule has 13 heavy (non-hydrogen) atoms. The van der Waals surface area contributed by atoms with Crippen molar-refractivity contribution in [2.75, 3.05) is 6.54 Å². The highest BCUT2D eigenvalue weighted by Crippen LogP contribution is 2.24. The summed E-state index contributed by atoms with van der Waals surface area (Å²) >= 11 is 0. The van der Waals surface area contributed by atoms with Gasteiger partial charge < -0.3 is 5.32 Å². The molecule has 0 amide bonds. The molecule has 0 spiro atoms. The lowest BCUT2D eigenvalue weighted by Crippen LogP contribution is -2.31. The minimum absolute atomic E-state index is 0.532. The predicted molar refractivity (Wildman–Crippen MR) is 52.3 cm³/mol. The number of nitrogens with one attached hydrogen (secondary N) is 1. The Morgan fingerprint density at radius 2 is 2.38 bits per heavy atom. The second-order valence-corrected chi connectivity index (χ2v) is 4.09. The molecule has 1 aromatic rings. The molecule has 1 fully saturated rings. The summed E-state index contributed by atoms with van der Waals surface area (Å²) in [5, 5.41) is 7.73. The van der Waals surface area contributed by atoms with E-state index in [1.807, 2.05) is 17.9 Å². The van der Waals surface area contributed by atoms with Gasteiger partial charge in [0.15, 0.2) is 0 Å². The van der Waals surface area contributed by atoms with Gasteiger partial charge in [-0.05, 0) is 25.3 Å². The fraction of sp³-hybridized carbons (Fsp3) is 0.700. The summed E-state index contributed by atoms with van der Waals surface area (Å²) in [6.45, 7) is 3.44. The van der Waals surface area contributed by atoms with E-state index in [1.165, 1.54) is 18.4 Å². The lowest BCUT2D eigenvalue weighted by Gasteiger charge is -2.26. The Kier molecular flexibility index (Phi) is 2.36. The van der Waals surface area contributed by atoms with E-state index in [0.717, 1.165) is 12.5 Å². The van der Waals surface area contributed by atoms with Crippen molar-refractivity contribution in [3.8, 4) is 0 Å². The molecule has 3 nitrogen and oxygen atoms in total. The zero-order valence-corrected chi connectivity index (χ0v) is 8.33. The molecule has 72 valence electrons. The molecule has 0 aromatic carbocycles. The Labute approximate surface area is 79.1 Å². The topological polar surface area (TPSA) is 29.9 Å². The van der Waals surface area contributed by atoms with Gasteiger partial charge in [-0.15, -0.1) is 0 Å². The van der Waals surface area contributed by atoms with Crippen molar-refractivity contribution in [3.63, 3.8) is 0 Å². The number of piperidine rings is 1. The minimum atomic E-state index is 0.532. The highest BCUT2D eigenvalue weighted by atomic mass is 15.2. The molecule has 1 aliphatic heterocycles. The quantitative estimate of drug-likeness (QED) is 0.707. The van der Waals surface area contributed by atoms with E-state index in [-0.39, 0.29) is 0 Å². The number of nitrogens with zero attached hydrogens (tertiary/aromatic N) is 2. The van der Waals surface area contributed by atoms with Crippen molar-refractivity contribution in [1.82, 2.24) is 15.1 Å². The van der Waals surface area contributed by atoms with Gasteiger partial charge in [0.2, 0.25) is 0 Å². The monoisotopic (exact) mass is 179 g/mol. The van der Waals surface area contributed by atoms with Crippen LogP contribution in [0.5, 0.6) is 0 Å². The van der Waals surface area contributed by atoms with Crippen LogP contribution in [0.4, 0.5) is 0 Å². The highest BCUT2D eigenvalue weighted by molar-refractivity contribution is 5.10.